The molecule has 1 aromatic heterocycles. The van der Waals surface area contributed by atoms with E-state index in [1.807, 2.05) is 29.5 Å². The van der Waals surface area contributed by atoms with Gasteiger partial charge in [0.15, 0.2) is 0 Å². The lowest BCUT2D eigenvalue weighted by atomic mass is 9.75. The fourth-order valence-electron chi connectivity index (χ4n) is 7.43. The first-order valence-electron chi connectivity index (χ1n) is 17.0. The second-order valence-corrected chi connectivity index (χ2v) is 14.8. The first kappa shape index (κ1) is 33.9. The zero-order chi connectivity index (χ0) is 33.2. The van der Waals surface area contributed by atoms with Gasteiger partial charge in [0, 0.05) is 66.5 Å². The molecule has 0 bridgehead atoms. The summed E-state index contributed by atoms with van der Waals surface area (Å²) < 4.78 is 28.3. The van der Waals surface area contributed by atoms with Crippen molar-refractivity contribution in [3.63, 3.8) is 0 Å². The van der Waals surface area contributed by atoms with Crippen LogP contribution in [-0.2, 0) is 11.3 Å². The average molecular weight is 660 g/mol. The number of nitrogens with zero attached hydrogens (tertiary/aromatic N) is 3. The molecule has 1 saturated carbocycles. The molecule has 11 heteroatoms. The van der Waals surface area contributed by atoms with E-state index in [0.29, 0.717) is 42.0 Å². The van der Waals surface area contributed by atoms with Crippen LogP contribution in [0.4, 0.5) is 10.1 Å². The molecular weight excluding hydrogens is 611 g/mol. The van der Waals surface area contributed by atoms with E-state index in [2.05, 4.69) is 48.8 Å². The number of hydrogen-bond acceptors (Lipinski definition) is 6. The van der Waals surface area contributed by atoms with E-state index in [9.17, 15) is 9.18 Å². The highest BCUT2D eigenvalue weighted by Gasteiger charge is 2.50. The molecule has 2 saturated heterocycles. The molecule has 1 spiro atoms. The molecule has 2 N–H and O–H groups in total. The largest absolute Gasteiger partial charge is 0.491 e. The maximum atomic E-state index is 14.9. The number of carbonyl (C=O) groups excluding carboxylic acids is 1. The maximum Gasteiger partial charge on any atom is 0.251 e. The summed E-state index contributed by atoms with van der Waals surface area (Å²) >= 11 is 0. The summed E-state index contributed by atoms with van der Waals surface area (Å²) in [6.45, 7) is 7.26. The van der Waals surface area contributed by atoms with Gasteiger partial charge in [-0.2, -0.15) is 0 Å². The lowest BCUT2D eigenvalue weighted by molar-refractivity contribution is -0.200. The van der Waals surface area contributed by atoms with Gasteiger partial charge in [-0.05, 0) is 75.1 Å². The molecular formula is C36H48BFN5O3P. The number of likely N-dealkylation sites (tertiary alicyclic amines) is 1. The van der Waals surface area contributed by atoms with Crippen molar-refractivity contribution in [3.05, 3.63) is 46.1 Å². The molecule has 2 unspecified atom stereocenters. The Balaban J connectivity index is 1.19. The summed E-state index contributed by atoms with van der Waals surface area (Å²) in [5.74, 6) is 7.10. The molecule has 3 heterocycles. The molecule has 4 aliphatic rings. The van der Waals surface area contributed by atoms with Gasteiger partial charge in [0.2, 0.25) is 0 Å². The predicted octanol–water partition coefficient (Wildman–Crippen LogP) is 2.71. The summed E-state index contributed by atoms with van der Waals surface area (Å²) in [7, 11) is 11.6. The van der Waals surface area contributed by atoms with Crippen molar-refractivity contribution in [3.8, 4) is 17.6 Å². The number of benzene rings is 1. The number of aromatic nitrogens is 1. The van der Waals surface area contributed by atoms with Crippen molar-refractivity contribution >= 4 is 40.5 Å². The number of rotatable bonds is 11. The van der Waals surface area contributed by atoms with Gasteiger partial charge >= 0.3 is 0 Å². The number of halogens is 1. The highest BCUT2D eigenvalue weighted by molar-refractivity contribution is 7.21. The van der Waals surface area contributed by atoms with Crippen molar-refractivity contribution in [2.75, 3.05) is 58.5 Å². The molecule has 2 radical (unpaired) electrons. The Morgan fingerprint density at radius 1 is 1.26 bits per heavy atom. The van der Waals surface area contributed by atoms with Gasteiger partial charge in [0.05, 0.1) is 49.6 Å². The van der Waals surface area contributed by atoms with Crippen molar-refractivity contribution in [2.45, 2.75) is 75.8 Å². The van der Waals surface area contributed by atoms with Gasteiger partial charge in [-0.3, -0.25) is 9.69 Å². The SMILES string of the molecule is [B]C(F)(P)Cn1c(C#CCN(C)c2ccc(C(=O)NC)cc2OCCC)cc2c1=CCCC=2NC1CCC(N2CC3(COC3)C2)CC1. The first-order valence-corrected chi connectivity index (χ1v) is 17.6. The van der Waals surface area contributed by atoms with Crippen LogP contribution in [0.1, 0.15) is 67.9 Å². The molecule has 2 aromatic rings. The number of anilines is 1. The molecule has 2 aliphatic heterocycles. The summed E-state index contributed by atoms with van der Waals surface area (Å²) in [5.41, 5.74) is 3.81. The molecule has 8 nitrogen and oxygen atoms in total. The zero-order valence-corrected chi connectivity index (χ0v) is 29.2. The molecule has 1 aromatic carbocycles. The minimum Gasteiger partial charge on any atom is -0.491 e. The second kappa shape index (κ2) is 14.2. The molecule has 3 fully saturated rings. The Morgan fingerprint density at radius 3 is 2.68 bits per heavy atom. The first-order chi connectivity index (χ1) is 22.6. The number of hydrogen-bond donors (Lipinski definition) is 2. The van der Waals surface area contributed by atoms with Crippen LogP contribution < -0.4 is 30.8 Å². The van der Waals surface area contributed by atoms with Crippen LogP contribution in [0.25, 0.3) is 11.8 Å². The lowest BCUT2D eigenvalue weighted by Crippen LogP contribution is -2.68. The molecule has 250 valence electrons. The third-order valence-electron chi connectivity index (χ3n) is 9.94. The fourth-order valence-corrected chi connectivity index (χ4v) is 7.62. The van der Waals surface area contributed by atoms with E-state index in [4.69, 9.17) is 17.3 Å². The minimum absolute atomic E-state index is 0.0138. The van der Waals surface area contributed by atoms with Gasteiger partial charge in [0.1, 0.15) is 13.6 Å². The van der Waals surface area contributed by atoms with Crippen LogP contribution in [0, 0.1) is 17.3 Å². The summed E-state index contributed by atoms with van der Waals surface area (Å²) in [6.07, 6.45) is 9.59. The molecule has 2 aliphatic carbocycles. The monoisotopic (exact) mass is 659 g/mol. The Labute approximate surface area is 282 Å². The number of fused-ring (bicyclic) bond motifs is 1. The van der Waals surface area contributed by atoms with Gasteiger partial charge in [-0.25, -0.2) is 4.39 Å². The topological polar surface area (TPSA) is 71.0 Å². The van der Waals surface area contributed by atoms with Crippen molar-refractivity contribution in [1.29, 1.82) is 0 Å². The fraction of sp³-hybridized carbons (Fsp3) is 0.583. The molecule has 2 atom stereocenters. The second-order valence-electron chi connectivity index (χ2n) is 13.9. The van der Waals surface area contributed by atoms with Gasteiger partial charge < -0.3 is 29.6 Å². The van der Waals surface area contributed by atoms with E-state index in [1.54, 1.807) is 19.2 Å². The van der Waals surface area contributed by atoms with E-state index in [0.717, 1.165) is 67.3 Å². The van der Waals surface area contributed by atoms with E-state index < -0.39 is 5.31 Å². The number of carbonyl (C=O) groups is 1. The highest BCUT2D eigenvalue weighted by Crippen LogP contribution is 2.41. The van der Waals surface area contributed by atoms with Crippen LogP contribution in [0.3, 0.4) is 0 Å². The van der Waals surface area contributed by atoms with Gasteiger partial charge in [-0.15, -0.1) is 9.24 Å². The molecule has 6 rings (SSSR count). The summed E-state index contributed by atoms with van der Waals surface area (Å²) in [6, 6.07) is 8.66. The Morgan fingerprint density at radius 2 is 2.02 bits per heavy atom. The number of ether oxygens (including phenoxy) is 2. The third-order valence-corrected chi connectivity index (χ3v) is 10.1. The molecule has 1 amide bonds. The normalized spacial score (nSPS) is 22.8. The van der Waals surface area contributed by atoms with Gasteiger partial charge in [-0.1, -0.05) is 18.9 Å². The summed E-state index contributed by atoms with van der Waals surface area (Å²) in [5, 5.41) is 6.68. The quantitative estimate of drug-likeness (QED) is 0.220. The zero-order valence-electron chi connectivity index (χ0n) is 28.0. The number of amides is 1. The average Bonchev–Trinajstić information content (AvgIpc) is 3.35. The standard InChI is InChI=1S/C36H48BFN5O3P/c1-4-17-46-33-18-25(34(44)39-2)10-15-32(33)41(3)16-6-7-28-19-29-30(8-5-9-31(29)43(28)22-36(37,38)47)40-26-11-13-27(14-12-26)42-20-35(21-42)23-45-24-35/h9-10,15,18-19,26-27,40H,4-5,8,11-14,16-17,20-24,47H2,1-3H3,(H,39,44). The van der Waals surface area contributed by atoms with E-state index in [-0.39, 0.29) is 12.5 Å². The van der Waals surface area contributed by atoms with Crippen LogP contribution >= 0.6 is 9.24 Å². The Bertz CT molecular complexity index is 1640. The van der Waals surface area contributed by atoms with Crippen LogP contribution in [0.15, 0.2) is 24.3 Å². The Hall–Kier alpha value is -2.99. The van der Waals surface area contributed by atoms with E-state index >= 15 is 0 Å². The van der Waals surface area contributed by atoms with Crippen LogP contribution in [0.5, 0.6) is 5.75 Å². The van der Waals surface area contributed by atoms with Crippen molar-refractivity contribution in [1.82, 2.24) is 20.1 Å². The Kier molecular flexibility index (Phi) is 10.3. The van der Waals surface area contributed by atoms with Gasteiger partial charge in [0.25, 0.3) is 5.91 Å². The minimum atomic E-state index is -1.96. The van der Waals surface area contributed by atoms with Crippen molar-refractivity contribution < 1.29 is 18.7 Å². The van der Waals surface area contributed by atoms with Crippen LogP contribution in [-0.4, -0.2) is 94.2 Å². The molecule has 47 heavy (non-hydrogen) atoms. The predicted molar refractivity (Wildman–Crippen MR) is 190 cm³/mol. The van der Waals surface area contributed by atoms with Crippen LogP contribution in [0.2, 0.25) is 0 Å². The highest BCUT2D eigenvalue weighted by atomic mass is 31.0. The van der Waals surface area contributed by atoms with E-state index in [1.165, 1.54) is 31.6 Å². The third kappa shape index (κ3) is 7.69. The lowest BCUT2D eigenvalue weighted by Gasteiger charge is -2.58. The number of nitrogens with one attached hydrogen (secondary N) is 2. The maximum absolute atomic E-state index is 14.9. The summed E-state index contributed by atoms with van der Waals surface area (Å²) in [4.78, 5) is 16.9. The smallest absolute Gasteiger partial charge is 0.251 e. The number of alkyl halides is 1. The van der Waals surface area contributed by atoms with Crippen molar-refractivity contribution in [2.24, 2.45) is 5.41 Å².